The van der Waals surface area contributed by atoms with Crippen molar-refractivity contribution in [3.63, 3.8) is 0 Å². The van der Waals surface area contributed by atoms with Gasteiger partial charge in [0.25, 0.3) is 5.91 Å². The van der Waals surface area contributed by atoms with Gasteiger partial charge in [0.15, 0.2) is 11.4 Å². The number of primary amides is 1. The number of carbonyl (C=O) groups excluding carboxylic acids is 3. The molecular formula is C27H35N3O7. The zero-order chi connectivity index (χ0) is 27.6. The second-order valence-electron chi connectivity index (χ2n) is 11.2. The van der Waals surface area contributed by atoms with Crippen LogP contribution in [-0.2, 0) is 22.6 Å². The molecule has 0 aliphatic heterocycles. The summed E-state index contributed by atoms with van der Waals surface area (Å²) in [6.45, 7) is 5.32. The van der Waals surface area contributed by atoms with Gasteiger partial charge in [-0.25, -0.2) is 0 Å². The average molecular weight is 514 g/mol. The first kappa shape index (κ1) is 26.7. The van der Waals surface area contributed by atoms with Crippen molar-refractivity contribution in [1.29, 1.82) is 0 Å². The lowest BCUT2D eigenvalue weighted by Gasteiger charge is -2.46. The monoisotopic (exact) mass is 513 g/mol. The van der Waals surface area contributed by atoms with Crippen molar-refractivity contribution < 1.29 is 34.8 Å². The van der Waals surface area contributed by atoms with E-state index < -0.39 is 52.0 Å². The predicted octanol–water partition coefficient (Wildman–Crippen LogP) is 1.73. The van der Waals surface area contributed by atoms with Crippen LogP contribution in [0.4, 0.5) is 5.69 Å². The van der Waals surface area contributed by atoms with Gasteiger partial charge in [-0.2, -0.15) is 0 Å². The van der Waals surface area contributed by atoms with Crippen molar-refractivity contribution in [3.8, 4) is 5.75 Å². The molecule has 0 spiro atoms. The average Bonchev–Trinajstić information content (AvgIpc) is 2.77. The molecule has 0 saturated heterocycles. The van der Waals surface area contributed by atoms with Crippen molar-refractivity contribution in [2.24, 2.45) is 23.5 Å². The Bertz CT molecular complexity index is 1260. The first-order valence-corrected chi connectivity index (χ1v) is 12.4. The summed E-state index contributed by atoms with van der Waals surface area (Å²) >= 11 is 0. The van der Waals surface area contributed by atoms with Crippen molar-refractivity contribution in [1.82, 2.24) is 4.90 Å². The number of carbonyl (C=O) groups is 3. The van der Waals surface area contributed by atoms with Crippen LogP contribution in [0, 0.1) is 17.8 Å². The van der Waals surface area contributed by atoms with Crippen LogP contribution in [0.5, 0.6) is 5.75 Å². The second-order valence-corrected chi connectivity index (χ2v) is 11.2. The summed E-state index contributed by atoms with van der Waals surface area (Å²) in [4.78, 5) is 42.7. The van der Waals surface area contributed by atoms with Crippen molar-refractivity contribution >= 4 is 23.2 Å². The fraction of sp³-hybridized carbons (Fsp3) is 0.519. The van der Waals surface area contributed by atoms with E-state index in [0.717, 1.165) is 12.2 Å². The molecule has 0 bridgehead atoms. The molecule has 1 aromatic carbocycles. The van der Waals surface area contributed by atoms with Crippen molar-refractivity contribution in [3.05, 3.63) is 45.4 Å². The number of hydrogen-bond donors (Lipinski definition) is 5. The fourth-order valence-corrected chi connectivity index (χ4v) is 6.22. The third kappa shape index (κ3) is 4.08. The van der Waals surface area contributed by atoms with E-state index in [1.807, 2.05) is 37.0 Å². The number of rotatable bonds is 6. The van der Waals surface area contributed by atoms with E-state index in [0.29, 0.717) is 23.6 Å². The SMILES string of the molecule is CC(C)CN(C)Cc1cc(N(C)C)c2c(c1O)C(=O)C1=C(O)[C@]3(O)C(=O)C(C(N)=O)=C(O)C[C@@H]3C[C@@H]1C2. The number of allylic oxidation sites excluding steroid dienone is 2. The molecule has 3 aliphatic rings. The molecule has 1 aromatic rings. The number of aliphatic hydroxyl groups excluding tert-OH is 2. The molecule has 0 saturated carbocycles. The molecule has 0 aromatic heterocycles. The smallest absolute Gasteiger partial charge is 0.255 e. The Morgan fingerprint density at radius 3 is 2.38 bits per heavy atom. The molecule has 6 N–H and O–H groups in total. The molecule has 3 aliphatic carbocycles. The highest BCUT2D eigenvalue weighted by Gasteiger charge is 2.59. The van der Waals surface area contributed by atoms with Crippen LogP contribution in [-0.4, -0.2) is 76.1 Å². The summed E-state index contributed by atoms with van der Waals surface area (Å²) in [7, 11) is 5.61. The van der Waals surface area contributed by atoms with Gasteiger partial charge in [0.05, 0.1) is 5.56 Å². The van der Waals surface area contributed by atoms with Crippen LogP contribution in [0.1, 0.15) is 48.2 Å². The maximum absolute atomic E-state index is 13.9. The largest absolute Gasteiger partial charge is 0.511 e. The van der Waals surface area contributed by atoms with Gasteiger partial charge in [0, 0.05) is 56.3 Å². The number of nitrogens with two attached hydrogens (primary N) is 1. The zero-order valence-corrected chi connectivity index (χ0v) is 21.8. The van der Waals surface area contributed by atoms with E-state index in [1.165, 1.54) is 0 Å². The molecular weight excluding hydrogens is 478 g/mol. The summed E-state index contributed by atoms with van der Waals surface area (Å²) in [6, 6.07) is 1.86. The van der Waals surface area contributed by atoms with Crippen LogP contribution in [0.2, 0.25) is 0 Å². The van der Waals surface area contributed by atoms with E-state index in [2.05, 4.69) is 13.8 Å². The normalized spacial score (nSPS) is 25.4. The molecule has 3 atom stereocenters. The topological polar surface area (TPSA) is 165 Å². The Balaban J connectivity index is 1.87. The minimum Gasteiger partial charge on any atom is -0.511 e. The summed E-state index contributed by atoms with van der Waals surface area (Å²) < 4.78 is 0. The van der Waals surface area contributed by atoms with Gasteiger partial charge in [-0.3, -0.25) is 14.4 Å². The molecule has 0 radical (unpaired) electrons. The van der Waals surface area contributed by atoms with Gasteiger partial charge in [0.1, 0.15) is 22.8 Å². The number of fused-ring (bicyclic) bond motifs is 3. The Hall–Kier alpha value is -3.37. The zero-order valence-electron chi connectivity index (χ0n) is 21.8. The van der Waals surface area contributed by atoms with Gasteiger partial charge in [-0.05, 0) is 43.4 Å². The third-order valence-electron chi connectivity index (χ3n) is 7.72. The van der Waals surface area contributed by atoms with Crippen LogP contribution in [0.25, 0.3) is 0 Å². The minimum absolute atomic E-state index is 0.0377. The highest BCUT2D eigenvalue weighted by Crippen LogP contribution is 2.52. The number of aromatic hydroxyl groups is 1. The molecule has 4 rings (SSSR count). The lowest BCUT2D eigenvalue weighted by atomic mass is 9.60. The lowest BCUT2D eigenvalue weighted by Crippen LogP contribution is -2.57. The summed E-state index contributed by atoms with van der Waals surface area (Å²) in [5.74, 6) is -5.81. The highest BCUT2D eigenvalue weighted by molar-refractivity contribution is 6.24. The quantitative estimate of drug-likeness (QED) is 0.356. The van der Waals surface area contributed by atoms with E-state index >= 15 is 0 Å². The number of phenolic OH excluding ortho intramolecular Hbond substituents is 1. The first-order valence-electron chi connectivity index (χ1n) is 12.4. The van der Waals surface area contributed by atoms with Gasteiger partial charge >= 0.3 is 0 Å². The van der Waals surface area contributed by atoms with Crippen LogP contribution < -0.4 is 10.6 Å². The third-order valence-corrected chi connectivity index (χ3v) is 7.72. The molecule has 0 fully saturated rings. The number of aliphatic hydroxyl groups is 3. The number of hydrogen-bond acceptors (Lipinski definition) is 9. The molecule has 0 heterocycles. The Kier molecular flexibility index (Phi) is 6.62. The van der Waals surface area contributed by atoms with Crippen LogP contribution in [0.15, 0.2) is 28.7 Å². The maximum atomic E-state index is 13.9. The molecule has 0 unspecified atom stereocenters. The first-order chi connectivity index (χ1) is 17.2. The number of phenols is 1. The van der Waals surface area contributed by atoms with Crippen molar-refractivity contribution in [2.45, 2.75) is 45.3 Å². The number of amides is 1. The fourth-order valence-electron chi connectivity index (χ4n) is 6.22. The predicted molar refractivity (Wildman–Crippen MR) is 136 cm³/mol. The number of nitrogens with zero attached hydrogens (tertiary/aromatic N) is 2. The number of ketones is 2. The second kappa shape index (κ2) is 9.18. The Morgan fingerprint density at radius 2 is 1.81 bits per heavy atom. The van der Waals surface area contributed by atoms with Gasteiger partial charge in [0.2, 0.25) is 5.78 Å². The summed E-state index contributed by atoms with van der Waals surface area (Å²) in [6.07, 6.45) is 0.134. The highest BCUT2D eigenvalue weighted by atomic mass is 16.3. The minimum atomic E-state index is -2.56. The van der Waals surface area contributed by atoms with Crippen LogP contribution in [0.3, 0.4) is 0 Å². The Morgan fingerprint density at radius 1 is 1.16 bits per heavy atom. The van der Waals surface area contributed by atoms with E-state index in [1.54, 1.807) is 0 Å². The van der Waals surface area contributed by atoms with E-state index in [-0.39, 0.29) is 36.1 Å². The summed E-state index contributed by atoms with van der Waals surface area (Å²) in [5.41, 5.74) is 3.71. The number of Topliss-reactive ketones (excluding diaryl/α,β-unsaturated/α-hetero) is 2. The molecule has 10 nitrogen and oxygen atoms in total. The summed E-state index contributed by atoms with van der Waals surface area (Å²) in [5, 5.41) is 44.2. The van der Waals surface area contributed by atoms with E-state index in [9.17, 15) is 34.8 Å². The molecule has 1 amide bonds. The van der Waals surface area contributed by atoms with Crippen LogP contribution >= 0.6 is 0 Å². The van der Waals surface area contributed by atoms with Gasteiger partial charge in [-0.1, -0.05) is 13.8 Å². The standard InChI is InChI=1S/C27H35N3O7/c1-12(2)10-30(5)11-14-8-17(29(3)4)16-7-13-6-15-9-18(31)21(26(28)36)25(35)27(15,37)24(34)19(13)23(33)20(16)22(14)32/h8,12-13,15,31-32,34,37H,6-7,9-11H2,1-5H3,(H2,28,36)/t13-,15+,27+/m1/s1. The van der Waals surface area contributed by atoms with Crippen molar-refractivity contribution in [2.75, 3.05) is 32.6 Å². The Labute approximate surface area is 215 Å². The van der Waals surface area contributed by atoms with E-state index in [4.69, 9.17) is 5.73 Å². The molecule has 37 heavy (non-hydrogen) atoms. The number of benzene rings is 1. The molecule has 200 valence electrons. The van der Waals surface area contributed by atoms with Gasteiger partial charge < -0.3 is 36.0 Å². The maximum Gasteiger partial charge on any atom is 0.255 e. The lowest BCUT2D eigenvalue weighted by molar-refractivity contribution is -0.144. The molecule has 10 heteroatoms. The van der Waals surface area contributed by atoms with Gasteiger partial charge in [-0.15, -0.1) is 0 Å². The number of anilines is 1.